The number of para-hydroxylation sites is 2. The van der Waals surface area contributed by atoms with Gasteiger partial charge in [0.05, 0.1) is 11.0 Å². The Bertz CT molecular complexity index is 3230. The van der Waals surface area contributed by atoms with E-state index in [9.17, 15) is 0 Å². The fraction of sp³-hybridized carbons (Fsp3) is 0. The molecule has 2 heteroatoms. The molecule has 0 amide bonds. The van der Waals surface area contributed by atoms with E-state index in [4.69, 9.17) is 0 Å². The molecule has 1 aromatic heterocycles. The second kappa shape index (κ2) is 13.2. The summed E-state index contributed by atoms with van der Waals surface area (Å²) in [5.74, 6) is 0. The molecule has 0 aliphatic carbocycles. The third-order valence-electron chi connectivity index (χ3n) is 11.3. The molecule has 0 saturated heterocycles. The fourth-order valence-corrected chi connectivity index (χ4v) is 8.74. The van der Waals surface area contributed by atoms with E-state index in [-0.39, 0.29) is 0 Å². The van der Waals surface area contributed by atoms with Gasteiger partial charge >= 0.3 is 0 Å². The van der Waals surface area contributed by atoms with Crippen molar-refractivity contribution in [2.45, 2.75) is 0 Å². The zero-order valence-electron chi connectivity index (χ0n) is 30.7. The molecule has 0 fully saturated rings. The van der Waals surface area contributed by atoms with Crippen molar-refractivity contribution in [2.75, 3.05) is 4.90 Å². The minimum absolute atomic E-state index is 1.10. The van der Waals surface area contributed by atoms with Crippen molar-refractivity contribution in [1.82, 2.24) is 4.57 Å². The second-order valence-corrected chi connectivity index (χ2v) is 14.5. The highest BCUT2D eigenvalue weighted by molar-refractivity contribution is 6.24. The van der Waals surface area contributed by atoms with E-state index in [1.165, 1.54) is 76.4 Å². The van der Waals surface area contributed by atoms with Gasteiger partial charge in [0.15, 0.2) is 0 Å². The molecule has 0 N–H and O–H groups in total. The maximum absolute atomic E-state index is 2.44. The van der Waals surface area contributed by atoms with E-state index < -0.39 is 0 Å². The first-order valence-electron chi connectivity index (χ1n) is 19.3. The van der Waals surface area contributed by atoms with Crippen LogP contribution in [0.4, 0.5) is 17.1 Å². The van der Waals surface area contributed by atoms with Crippen molar-refractivity contribution < 1.29 is 0 Å². The molecule has 2 nitrogen and oxygen atoms in total. The summed E-state index contributed by atoms with van der Waals surface area (Å²) in [6.07, 6.45) is 0. The first kappa shape index (κ1) is 32.0. The summed E-state index contributed by atoms with van der Waals surface area (Å²) in [6, 6.07) is 79.5. The number of hydrogen-bond donors (Lipinski definition) is 0. The van der Waals surface area contributed by atoms with Crippen LogP contribution in [0.3, 0.4) is 0 Å². The van der Waals surface area contributed by atoms with Crippen LogP contribution in [0.25, 0.3) is 82.1 Å². The minimum Gasteiger partial charge on any atom is -0.310 e. The number of hydrogen-bond acceptors (Lipinski definition) is 1. The molecule has 0 spiro atoms. The predicted octanol–water partition coefficient (Wildman–Crippen LogP) is 15.0. The molecular weight excluding hydrogens is 677 g/mol. The normalized spacial score (nSPS) is 11.6. The summed E-state index contributed by atoms with van der Waals surface area (Å²) < 4.78 is 2.44. The molecule has 56 heavy (non-hydrogen) atoms. The Labute approximate surface area is 325 Å². The molecular formula is C54H36N2. The number of fused-ring (bicyclic) bond motifs is 8. The standard InChI is InChI=1S/C54H36N2/c1-3-14-37(15-4-1)38-28-30-44(31-29-38)55(46-32-33-48-42(35-46)27-26-39-16-7-9-22-47(39)48)45-21-13-18-40(34-45)51-36-41-17-8-10-23-49(41)54-53(51)50-24-11-12-25-52(50)56(54)43-19-5-2-6-20-43/h1-36H. The van der Waals surface area contributed by atoms with E-state index in [1.54, 1.807) is 0 Å². The molecule has 11 aromatic rings. The number of benzene rings is 10. The third kappa shape index (κ3) is 5.26. The van der Waals surface area contributed by atoms with Crippen molar-refractivity contribution in [1.29, 1.82) is 0 Å². The molecule has 0 aliphatic rings. The van der Waals surface area contributed by atoms with E-state index >= 15 is 0 Å². The third-order valence-corrected chi connectivity index (χ3v) is 11.3. The van der Waals surface area contributed by atoms with Gasteiger partial charge in [-0.2, -0.15) is 0 Å². The van der Waals surface area contributed by atoms with Crippen molar-refractivity contribution in [3.63, 3.8) is 0 Å². The summed E-state index contributed by atoms with van der Waals surface area (Å²) in [6.45, 7) is 0. The molecule has 0 bridgehead atoms. The lowest BCUT2D eigenvalue weighted by Crippen LogP contribution is -2.10. The Morgan fingerprint density at radius 1 is 0.321 bits per heavy atom. The Hall–Kier alpha value is -7.42. The number of rotatable bonds is 6. The van der Waals surface area contributed by atoms with Crippen molar-refractivity contribution >= 4 is 71.2 Å². The smallest absolute Gasteiger partial charge is 0.0625 e. The van der Waals surface area contributed by atoms with E-state index in [0.717, 1.165) is 22.7 Å². The van der Waals surface area contributed by atoms with Crippen molar-refractivity contribution in [3.05, 3.63) is 218 Å². The van der Waals surface area contributed by atoms with Gasteiger partial charge in [-0.05, 0) is 110 Å². The highest BCUT2D eigenvalue weighted by Crippen LogP contribution is 2.45. The van der Waals surface area contributed by atoms with Crippen LogP contribution in [0.1, 0.15) is 0 Å². The largest absolute Gasteiger partial charge is 0.310 e. The van der Waals surface area contributed by atoms with Gasteiger partial charge in [-0.25, -0.2) is 0 Å². The Kier molecular flexibility index (Phi) is 7.53. The van der Waals surface area contributed by atoms with Crippen molar-refractivity contribution in [2.24, 2.45) is 0 Å². The lowest BCUT2D eigenvalue weighted by Gasteiger charge is -2.27. The zero-order chi connectivity index (χ0) is 37.0. The second-order valence-electron chi connectivity index (χ2n) is 14.5. The maximum Gasteiger partial charge on any atom is 0.0625 e. The maximum atomic E-state index is 2.44. The lowest BCUT2D eigenvalue weighted by molar-refractivity contribution is 1.19. The lowest BCUT2D eigenvalue weighted by atomic mass is 9.94. The van der Waals surface area contributed by atoms with Crippen LogP contribution in [-0.2, 0) is 0 Å². The van der Waals surface area contributed by atoms with Crippen LogP contribution >= 0.6 is 0 Å². The molecule has 262 valence electrons. The van der Waals surface area contributed by atoms with Gasteiger partial charge in [-0.15, -0.1) is 0 Å². The average molecular weight is 713 g/mol. The first-order chi connectivity index (χ1) is 27.8. The predicted molar refractivity (Wildman–Crippen MR) is 239 cm³/mol. The number of aromatic nitrogens is 1. The fourth-order valence-electron chi connectivity index (χ4n) is 8.74. The van der Waals surface area contributed by atoms with Crippen molar-refractivity contribution in [3.8, 4) is 27.9 Å². The Morgan fingerprint density at radius 3 is 1.71 bits per heavy atom. The Morgan fingerprint density at radius 2 is 0.893 bits per heavy atom. The number of nitrogens with zero attached hydrogens (tertiary/aromatic N) is 2. The molecule has 0 aliphatic heterocycles. The minimum atomic E-state index is 1.10. The summed E-state index contributed by atoms with van der Waals surface area (Å²) >= 11 is 0. The van der Waals surface area contributed by atoms with Gasteiger partial charge in [0.25, 0.3) is 0 Å². The van der Waals surface area contributed by atoms with Crippen LogP contribution in [-0.4, -0.2) is 4.57 Å². The quantitative estimate of drug-likeness (QED) is 0.156. The Balaban J connectivity index is 1.14. The zero-order valence-corrected chi connectivity index (χ0v) is 30.7. The molecule has 0 radical (unpaired) electrons. The summed E-state index contributed by atoms with van der Waals surface area (Å²) in [7, 11) is 0. The monoisotopic (exact) mass is 712 g/mol. The number of anilines is 3. The van der Waals surface area contributed by atoms with Crippen LogP contribution in [0.2, 0.25) is 0 Å². The van der Waals surface area contributed by atoms with Crippen LogP contribution in [0.15, 0.2) is 218 Å². The molecule has 0 atom stereocenters. The van der Waals surface area contributed by atoms with Gasteiger partial charge in [0.2, 0.25) is 0 Å². The van der Waals surface area contributed by atoms with Crippen LogP contribution in [0, 0.1) is 0 Å². The summed E-state index contributed by atoms with van der Waals surface area (Å²) in [5, 5.41) is 9.96. The van der Waals surface area contributed by atoms with Gasteiger partial charge in [-0.1, -0.05) is 158 Å². The highest BCUT2D eigenvalue weighted by atomic mass is 15.1. The molecule has 11 rings (SSSR count). The van der Waals surface area contributed by atoms with E-state index in [1.807, 2.05) is 0 Å². The average Bonchev–Trinajstić information content (AvgIpc) is 3.63. The summed E-state index contributed by atoms with van der Waals surface area (Å²) in [4.78, 5) is 2.40. The van der Waals surface area contributed by atoms with Gasteiger partial charge in [0.1, 0.15) is 0 Å². The SMILES string of the molecule is c1ccc(-c2ccc(N(c3cccc(-c4cc5ccccc5c5c4c4ccccc4n5-c4ccccc4)c3)c3ccc4c(ccc5ccccc54)c3)cc2)cc1. The van der Waals surface area contributed by atoms with Gasteiger partial charge in [-0.3, -0.25) is 0 Å². The van der Waals surface area contributed by atoms with Gasteiger partial charge < -0.3 is 9.47 Å². The summed E-state index contributed by atoms with van der Waals surface area (Å²) in [5.41, 5.74) is 11.7. The highest BCUT2D eigenvalue weighted by Gasteiger charge is 2.21. The van der Waals surface area contributed by atoms with E-state index in [2.05, 4.69) is 228 Å². The molecule has 0 saturated carbocycles. The van der Waals surface area contributed by atoms with E-state index in [0.29, 0.717) is 0 Å². The molecule has 1 heterocycles. The molecule has 0 unspecified atom stereocenters. The van der Waals surface area contributed by atoms with Gasteiger partial charge in [0, 0.05) is 38.9 Å². The topological polar surface area (TPSA) is 8.17 Å². The van der Waals surface area contributed by atoms with Crippen LogP contribution in [0.5, 0.6) is 0 Å². The van der Waals surface area contributed by atoms with Crippen LogP contribution < -0.4 is 4.90 Å². The molecule has 10 aromatic carbocycles. The first-order valence-corrected chi connectivity index (χ1v) is 19.3.